The third-order valence-electron chi connectivity index (χ3n) is 4.39. The third-order valence-corrected chi connectivity index (χ3v) is 4.39. The molecule has 0 bridgehead atoms. The minimum atomic E-state index is -0.329. The molecule has 0 fully saturated rings. The summed E-state index contributed by atoms with van der Waals surface area (Å²) < 4.78 is 14.7. The molecule has 2 aromatic carbocycles. The molecule has 6 nitrogen and oxygen atoms in total. The smallest absolute Gasteiger partial charge is 0.255 e. The van der Waals surface area contributed by atoms with Crippen molar-refractivity contribution in [2.45, 2.75) is 13.5 Å². The van der Waals surface area contributed by atoms with Crippen LogP contribution in [-0.2, 0) is 6.54 Å². The molecule has 0 spiro atoms. The van der Waals surface area contributed by atoms with E-state index in [-0.39, 0.29) is 17.6 Å². The summed E-state index contributed by atoms with van der Waals surface area (Å²) in [4.78, 5) is 25.9. The lowest BCUT2D eigenvalue weighted by Crippen LogP contribution is -2.24. The van der Waals surface area contributed by atoms with Gasteiger partial charge in [0.1, 0.15) is 5.82 Å². The number of rotatable bonds is 5. The first kappa shape index (κ1) is 19.3. The van der Waals surface area contributed by atoms with Crippen molar-refractivity contribution in [2.75, 3.05) is 14.1 Å². The largest absolute Gasteiger partial charge is 0.348 e. The third kappa shape index (κ3) is 4.09. The lowest BCUT2D eigenvalue weighted by atomic mass is 10.1. The Hall–Kier alpha value is -3.48. The van der Waals surface area contributed by atoms with Gasteiger partial charge < -0.3 is 10.2 Å². The Bertz CT molecular complexity index is 992. The monoisotopic (exact) mass is 380 g/mol. The fourth-order valence-corrected chi connectivity index (χ4v) is 2.78. The lowest BCUT2D eigenvalue weighted by Gasteiger charge is -2.11. The van der Waals surface area contributed by atoms with E-state index in [2.05, 4.69) is 10.4 Å². The van der Waals surface area contributed by atoms with Crippen LogP contribution in [0.25, 0.3) is 5.69 Å². The molecule has 0 aliphatic heterocycles. The molecule has 3 rings (SSSR count). The molecule has 0 saturated carbocycles. The number of carbonyl (C=O) groups excluding carboxylic acids is 2. The minimum absolute atomic E-state index is 0.0700. The number of carbonyl (C=O) groups is 2. The average Bonchev–Trinajstić information content (AvgIpc) is 3.08. The van der Waals surface area contributed by atoms with Crippen molar-refractivity contribution in [1.29, 1.82) is 0 Å². The normalized spacial score (nSPS) is 10.6. The van der Waals surface area contributed by atoms with Gasteiger partial charge in [-0.05, 0) is 48.9 Å². The Labute approximate surface area is 162 Å². The summed E-state index contributed by atoms with van der Waals surface area (Å²) in [5, 5.41) is 7.08. The van der Waals surface area contributed by atoms with Gasteiger partial charge in [0.15, 0.2) is 0 Å². The first-order chi connectivity index (χ1) is 13.4. The minimum Gasteiger partial charge on any atom is -0.348 e. The van der Waals surface area contributed by atoms with E-state index in [1.165, 1.54) is 23.2 Å². The maximum atomic E-state index is 13.1. The van der Waals surface area contributed by atoms with E-state index in [9.17, 15) is 14.0 Å². The molecule has 1 aromatic heterocycles. The second-order valence-electron chi connectivity index (χ2n) is 6.61. The van der Waals surface area contributed by atoms with Crippen molar-refractivity contribution in [2.24, 2.45) is 0 Å². The summed E-state index contributed by atoms with van der Waals surface area (Å²) in [5.41, 5.74) is 3.27. The fraction of sp³-hybridized carbons (Fsp3) is 0.190. The summed E-state index contributed by atoms with van der Waals surface area (Å²) in [7, 11) is 3.40. The van der Waals surface area contributed by atoms with Crippen LogP contribution in [0.3, 0.4) is 0 Å². The molecule has 0 aliphatic carbocycles. The first-order valence-electron chi connectivity index (χ1n) is 8.76. The van der Waals surface area contributed by atoms with E-state index in [4.69, 9.17) is 0 Å². The molecule has 144 valence electrons. The first-order valence-corrected chi connectivity index (χ1v) is 8.76. The Balaban J connectivity index is 1.67. The molecule has 0 radical (unpaired) electrons. The van der Waals surface area contributed by atoms with Crippen molar-refractivity contribution >= 4 is 11.8 Å². The van der Waals surface area contributed by atoms with E-state index in [1.54, 1.807) is 50.0 Å². The van der Waals surface area contributed by atoms with Gasteiger partial charge in [0.2, 0.25) is 0 Å². The molecular weight excluding hydrogens is 359 g/mol. The van der Waals surface area contributed by atoms with Crippen LogP contribution < -0.4 is 5.32 Å². The highest BCUT2D eigenvalue weighted by Gasteiger charge is 2.15. The molecule has 1 heterocycles. The Kier molecular flexibility index (Phi) is 5.54. The zero-order chi connectivity index (χ0) is 20.3. The SMILES string of the molecule is Cc1c(C(=O)NCc2ccc(C(=O)N(C)C)cc2)cnn1-c1ccc(F)cc1. The highest BCUT2D eigenvalue weighted by Crippen LogP contribution is 2.15. The second kappa shape index (κ2) is 8.04. The van der Waals surface area contributed by atoms with Crippen LogP contribution in [-0.4, -0.2) is 40.6 Å². The summed E-state index contributed by atoms with van der Waals surface area (Å²) in [6, 6.07) is 13.0. The van der Waals surface area contributed by atoms with Crippen molar-refractivity contribution in [3.63, 3.8) is 0 Å². The maximum Gasteiger partial charge on any atom is 0.255 e. The van der Waals surface area contributed by atoms with Crippen molar-refractivity contribution in [3.05, 3.63) is 82.9 Å². The highest BCUT2D eigenvalue weighted by atomic mass is 19.1. The zero-order valence-electron chi connectivity index (χ0n) is 15.9. The van der Waals surface area contributed by atoms with Crippen molar-refractivity contribution in [1.82, 2.24) is 20.0 Å². The Morgan fingerprint density at radius 3 is 2.32 bits per heavy atom. The number of nitrogens with zero attached hydrogens (tertiary/aromatic N) is 3. The molecule has 3 aromatic rings. The van der Waals surface area contributed by atoms with Crippen molar-refractivity contribution in [3.8, 4) is 5.69 Å². The molecule has 7 heteroatoms. The van der Waals surface area contributed by atoms with E-state index < -0.39 is 0 Å². The predicted molar refractivity (Wildman–Crippen MR) is 104 cm³/mol. The second-order valence-corrected chi connectivity index (χ2v) is 6.61. The summed E-state index contributed by atoms with van der Waals surface area (Å²) in [6.07, 6.45) is 1.49. The molecule has 2 amide bonds. The fourth-order valence-electron chi connectivity index (χ4n) is 2.78. The van der Waals surface area contributed by atoms with E-state index in [1.807, 2.05) is 12.1 Å². The maximum absolute atomic E-state index is 13.1. The number of benzene rings is 2. The van der Waals surface area contributed by atoms with Crippen LogP contribution in [0.4, 0.5) is 4.39 Å². The molecule has 0 unspecified atom stereocenters. The Morgan fingerprint density at radius 1 is 1.07 bits per heavy atom. The number of hydrogen-bond donors (Lipinski definition) is 1. The lowest BCUT2D eigenvalue weighted by molar-refractivity contribution is 0.0827. The van der Waals surface area contributed by atoms with Gasteiger partial charge in [-0.15, -0.1) is 0 Å². The van der Waals surface area contributed by atoms with E-state index >= 15 is 0 Å². The van der Waals surface area contributed by atoms with Crippen LogP contribution in [0, 0.1) is 12.7 Å². The van der Waals surface area contributed by atoms with E-state index in [0.717, 1.165) is 5.56 Å². The van der Waals surface area contributed by atoms with E-state index in [0.29, 0.717) is 29.1 Å². The van der Waals surface area contributed by atoms with Gasteiger partial charge in [0, 0.05) is 26.2 Å². The summed E-state index contributed by atoms with van der Waals surface area (Å²) in [6.45, 7) is 2.11. The van der Waals surface area contributed by atoms with Crippen LogP contribution in [0.1, 0.15) is 32.0 Å². The standard InChI is InChI=1S/C21H21FN4O2/c1-14-19(13-24-26(14)18-10-8-17(22)9-11-18)20(27)23-12-15-4-6-16(7-5-15)21(28)25(2)3/h4-11,13H,12H2,1-3H3,(H,23,27). The molecule has 0 atom stereocenters. The molecule has 28 heavy (non-hydrogen) atoms. The van der Waals surface area contributed by atoms with Gasteiger partial charge in [-0.3, -0.25) is 9.59 Å². The van der Waals surface area contributed by atoms with Crippen LogP contribution in [0.15, 0.2) is 54.7 Å². The molecular formula is C21H21FN4O2. The van der Waals surface area contributed by atoms with Gasteiger partial charge >= 0.3 is 0 Å². The predicted octanol–water partition coefficient (Wildman–Crippen LogP) is 2.95. The van der Waals surface area contributed by atoms with Gasteiger partial charge in [-0.1, -0.05) is 12.1 Å². The summed E-state index contributed by atoms with van der Waals surface area (Å²) in [5.74, 6) is -0.649. The number of amides is 2. The number of hydrogen-bond acceptors (Lipinski definition) is 3. The highest BCUT2D eigenvalue weighted by molar-refractivity contribution is 5.95. The van der Waals surface area contributed by atoms with Crippen molar-refractivity contribution < 1.29 is 14.0 Å². The van der Waals surface area contributed by atoms with Gasteiger partial charge in [0.25, 0.3) is 11.8 Å². The van der Waals surface area contributed by atoms with Gasteiger partial charge in [-0.25, -0.2) is 9.07 Å². The number of halogens is 1. The van der Waals surface area contributed by atoms with Crippen LogP contribution in [0.2, 0.25) is 0 Å². The Morgan fingerprint density at radius 2 is 1.71 bits per heavy atom. The van der Waals surface area contributed by atoms with Gasteiger partial charge in [0.05, 0.1) is 23.1 Å². The summed E-state index contributed by atoms with van der Waals surface area (Å²) >= 11 is 0. The quantitative estimate of drug-likeness (QED) is 0.740. The van der Waals surface area contributed by atoms with Crippen LogP contribution >= 0.6 is 0 Å². The molecule has 0 saturated heterocycles. The van der Waals surface area contributed by atoms with Crippen LogP contribution in [0.5, 0.6) is 0 Å². The average molecular weight is 380 g/mol. The van der Waals surface area contributed by atoms with Gasteiger partial charge in [-0.2, -0.15) is 5.10 Å². The molecule has 1 N–H and O–H groups in total. The molecule has 0 aliphatic rings. The topological polar surface area (TPSA) is 67.2 Å². The number of nitrogens with one attached hydrogen (secondary N) is 1. The number of aromatic nitrogens is 2. The zero-order valence-corrected chi connectivity index (χ0v) is 15.9.